The van der Waals surface area contributed by atoms with Gasteiger partial charge in [0.15, 0.2) is 5.76 Å². The molecule has 2 amide bonds. The van der Waals surface area contributed by atoms with Gasteiger partial charge < -0.3 is 19.8 Å². The molecule has 0 spiro atoms. The molecule has 1 unspecified atom stereocenters. The Bertz CT molecular complexity index is 775. The summed E-state index contributed by atoms with van der Waals surface area (Å²) in [5.74, 6) is -0.234. The fraction of sp³-hybridized carbons (Fsp3) is 0.444. The van der Waals surface area contributed by atoms with Crippen LogP contribution in [0.4, 0.5) is 5.00 Å². The van der Waals surface area contributed by atoms with Crippen LogP contribution in [0, 0.1) is 0 Å². The molecule has 1 atom stereocenters. The second kappa shape index (κ2) is 7.01. The van der Waals surface area contributed by atoms with Gasteiger partial charge in [-0.25, -0.2) is 0 Å². The maximum atomic E-state index is 12.8. The summed E-state index contributed by atoms with van der Waals surface area (Å²) in [5.41, 5.74) is 1.68. The second-order valence-electron chi connectivity index (χ2n) is 6.34. The van der Waals surface area contributed by atoms with Gasteiger partial charge in [0, 0.05) is 18.0 Å². The van der Waals surface area contributed by atoms with Gasteiger partial charge >= 0.3 is 0 Å². The molecule has 132 valence electrons. The van der Waals surface area contributed by atoms with Crippen molar-refractivity contribution in [2.75, 3.05) is 18.5 Å². The Morgan fingerprint density at radius 3 is 2.92 bits per heavy atom. The maximum Gasteiger partial charge on any atom is 0.291 e. The molecule has 25 heavy (non-hydrogen) atoms. The van der Waals surface area contributed by atoms with Gasteiger partial charge in [0.1, 0.15) is 5.00 Å². The molecular weight excluding hydrogens is 340 g/mol. The Balaban J connectivity index is 1.53. The number of rotatable bonds is 5. The van der Waals surface area contributed by atoms with Crippen molar-refractivity contribution in [1.29, 1.82) is 0 Å². The molecule has 2 aliphatic rings. The van der Waals surface area contributed by atoms with E-state index in [1.54, 1.807) is 12.1 Å². The fourth-order valence-corrected chi connectivity index (χ4v) is 4.69. The third kappa shape index (κ3) is 3.34. The van der Waals surface area contributed by atoms with E-state index in [2.05, 4.69) is 10.6 Å². The Labute approximate surface area is 149 Å². The number of amides is 2. The number of carbonyl (C=O) groups is 2. The van der Waals surface area contributed by atoms with E-state index in [4.69, 9.17) is 9.15 Å². The minimum Gasteiger partial charge on any atom is -0.459 e. The Kier molecular flexibility index (Phi) is 4.59. The first-order chi connectivity index (χ1) is 12.2. The molecule has 1 saturated heterocycles. The van der Waals surface area contributed by atoms with Crippen molar-refractivity contribution in [3.63, 3.8) is 0 Å². The van der Waals surface area contributed by atoms with Gasteiger partial charge in [-0.1, -0.05) is 0 Å². The number of hydrogen-bond acceptors (Lipinski definition) is 5. The molecule has 0 bridgehead atoms. The van der Waals surface area contributed by atoms with E-state index in [1.165, 1.54) is 22.5 Å². The molecule has 2 aromatic rings. The summed E-state index contributed by atoms with van der Waals surface area (Å²) in [6.07, 6.45) is 6.46. The van der Waals surface area contributed by atoms with Crippen molar-refractivity contribution in [2.45, 2.75) is 38.2 Å². The van der Waals surface area contributed by atoms with Crippen molar-refractivity contribution >= 4 is 28.2 Å². The Morgan fingerprint density at radius 1 is 1.24 bits per heavy atom. The van der Waals surface area contributed by atoms with E-state index in [9.17, 15) is 9.59 Å². The van der Waals surface area contributed by atoms with Gasteiger partial charge in [-0.05, 0) is 49.8 Å². The monoisotopic (exact) mass is 360 g/mol. The molecule has 4 rings (SSSR count). The van der Waals surface area contributed by atoms with Gasteiger partial charge in [-0.3, -0.25) is 9.59 Å². The van der Waals surface area contributed by atoms with E-state index in [0.717, 1.165) is 44.3 Å². The van der Waals surface area contributed by atoms with E-state index in [0.29, 0.717) is 17.1 Å². The van der Waals surface area contributed by atoms with Gasteiger partial charge in [0.25, 0.3) is 11.8 Å². The summed E-state index contributed by atoms with van der Waals surface area (Å²) in [6, 6.07) is 3.27. The molecule has 0 saturated carbocycles. The van der Waals surface area contributed by atoms with Crippen LogP contribution in [0.1, 0.15) is 50.6 Å². The minimum absolute atomic E-state index is 0.0943. The zero-order chi connectivity index (χ0) is 17.2. The van der Waals surface area contributed by atoms with Gasteiger partial charge in [0.2, 0.25) is 0 Å². The molecule has 1 aliphatic carbocycles. The van der Waals surface area contributed by atoms with Gasteiger partial charge in [-0.2, -0.15) is 0 Å². The number of hydrogen-bond donors (Lipinski definition) is 2. The molecule has 0 aromatic carbocycles. The molecule has 2 N–H and O–H groups in total. The van der Waals surface area contributed by atoms with Crippen molar-refractivity contribution in [3.05, 3.63) is 40.2 Å². The molecule has 2 aromatic heterocycles. The van der Waals surface area contributed by atoms with Crippen LogP contribution in [0.15, 0.2) is 22.8 Å². The standard InChI is InChI=1S/C18H20N2O4S/c21-16(13-6-3-9-24-13)20-18-15(12-5-1-7-14(12)25-18)17(22)19-10-11-4-2-8-23-11/h3,6,9,11H,1-2,4-5,7-8,10H2,(H,19,22)(H,20,21). The highest BCUT2D eigenvalue weighted by Gasteiger charge is 2.28. The number of furan rings is 1. The first kappa shape index (κ1) is 16.4. The third-order valence-corrected chi connectivity index (χ3v) is 5.84. The lowest BCUT2D eigenvalue weighted by molar-refractivity contribution is 0.0858. The minimum atomic E-state index is -0.335. The highest BCUT2D eigenvalue weighted by atomic mass is 32.1. The SMILES string of the molecule is O=C(Nc1sc2c(c1C(=O)NCC1CCCO1)CCC2)c1ccco1. The van der Waals surface area contributed by atoms with Crippen LogP contribution in [-0.2, 0) is 17.6 Å². The number of anilines is 1. The lowest BCUT2D eigenvalue weighted by Gasteiger charge is -2.12. The van der Waals surface area contributed by atoms with Crippen molar-refractivity contribution in [1.82, 2.24) is 5.32 Å². The number of thiophene rings is 1. The third-order valence-electron chi connectivity index (χ3n) is 4.63. The molecule has 6 nitrogen and oxygen atoms in total. The Morgan fingerprint density at radius 2 is 2.16 bits per heavy atom. The van der Waals surface area contributed by atoms with Crippen LogP contribution in [-0.4, -0.2) is 31.1 Å². The van der Waals surface area contributed by atoms with E-state index in [-0.39, 0.29) is 23.7 Å². The summed E-state index contributed by atoms with van der Waals surface area (Å²) in [6.45, 7) is 1.27. The second-order valence-corrected chi connectivity index (χ2v) is 7.44. The number of aryl methyl sites for hydroxylation is 1. The van der Waals surface area contributed by atoms with Crippen LogP contribution in [0.5, 0.6) is 0 Å². The number of ether oxygens (including phenoxy) is 1. The van der Waals surface area contributed by atoms with Crippen molar-refractivity contribution in [2.24, 2.45) is 0 Å². The zero-order valence-corrected chi connectivity index (χ0v) is 14.6. The summed E-state index contributed by atoms with van der Waals surface area (Å²) in [5, 5.41) is 6.43. The highest BCUT2D eigenvalue weighted by Crippen LogP contribution is 2.39. The van der Waals surface area contributed by atoms with Crippen LogP contribution in [0.25, 0.3) is 0 Å². The van der Waals surface area contributed by atoms with Crippen molar-refractivity contribution in [3.8, 4) is 0 Å². The van der Waals surface area contributed by atoms with Crippen molar-refractivity contribution < 1.29 is 18.7 Å². The fourth-order valence-electron chi connectivity index (χ4n) is 3.41. The van der Waals surface area contributed by atoms with Crippen LogP contribution in [0.2, 0.25) is 0 Å². The summed E-state index contributed by atoms with van der Waals surface area (Å²) >= 11 is 1.49. The molecule has 3 heterocycles. The predicted octanol–water partition coefficient (Wildman–Crippen LogP) is 2.99. The topological polar surface area (TPSA) is 80.6 Å². The molecule has 1 aliphatic heterocycles. The number of nitrogens with one attached hydrogen (secondary N) is 2. The lowest BCUT2D eigenvalue weighted by atomic mass is 10.1. The van der Waals surface area contributed by atoms with Gasteiger partial charge in [0.05, 0.1) is 17.9 Å². The predicted molar refractivity (Wildman–Crippen MR) is 94.3 cm³/mol. The number of carbonyl (C=O) groups excluding carboxylic acids is 2. The molecular formula is C18H20N2O4S. The van der Waals surface area contributed by atoms with Crippen LogP contribution >= 0.6 is 11.3 Å². The van der Waals surface area contributed by atoms with E-state index in [1.807, 2.05) is 0 Å². The van der Waals surface area contributed by atoms with Crippen LogP contribution in [0.3, 0.4) is 0 Å². The molecule has 7 heteroatoms. The first-order valence-corrected chi connectivity index (χ1v) is 9.43. The summed E-state index contributed by atoms with van der Waals surface area (Å²) in [4.78, 5) is 26.3. The molecule has 0 radical (unpaired) electrons. The van der Waals surface area contributed by atoms with Crippen LogP contribution < -0.4 is 10.6 Å². The average Bonchev–Trinajstić information content (AvgIpc) is 3.35. The van der Waals surface area contributed by atoms with E-state index < -0.39 is 0 Å². The first-order valence-electron chi connectivity index (χ1n) is 8.61. The summed E-state index contributed by atoms with van der Waals surface area (Å²) < 4.78 is 10.7. The van der Waals surface area contributed by atoms with Gasteiger partial charge in [-0.15, -0.1) is 11.3 Å². The maximum absolute atomic E-state index is 12.8. The summed E-state index contributed by atoms with van der Waals surface area (Å²) in [7, 11) is 0. The Hall–Kier alpha value is -2.12. The zero-order valence-electron chi connectivity index (χ0n) is 13.8. The normalized spacial score (nSPS) is 19.0. The smallest absolute Gasteiger partial charge is 0.291 e. The van der Waals surface area contributed by atoms with E-state index >= 15 is 0 Å². The lowest BCUT2D eigenvalue weighted by Crippen LogP contribution is -2.32. The average molecular weight is 360 g/mol. The largest absolute Gasteiger partial charge is 0.459 e. The number of fused-ring (bicyclic) bond motifs is 1. The molecule has 1 fully saturated rings. The highest BCUT2D eigenvalue weighted by molar-refractivity contribution is 7.17. The quantitative estimate of drug-likeness (QED) is 0.859.